The molecule has 0 aliphatic carbocycles. The highest BCUT2D eigenvalue weighted by Gasteiger charge is 2.38. The molecule has 0 unspecified atom stereocenters. The maximum Gasteiger partial charge on any atom is 0.429 e. The van der Waals surface area contributed by atoms with Gasteiger partial charge in [0.15, 0.2) is 0 Å². The number of ether oxygens (including phenoxy) is 1. The standard InChI is InChI=1S/C36H27F7O/c1-2-3-4-5-22-6-17-30(32(39)18-22)36(42,43)44-28-15-16-29(31(38)21-28)26-19-33(40)35(34(41)20-26)25-9-7-23(8-10-25)24-11-13-27(37)14-12-24/h6-21H,2-5H2,1H3. The fourth-order valence-electron chi connectivity index (χ4n) is 5.00. The van der Waals surface area contributed by atoms with Gasteiger partial charge in [-0.05, 0) is 89.2 Å². The van der Waals surface area contributed by atoms with Gasteiger partial charge < -0.3 is 4.74 Å². The van der Waals surface area contributed by atoms with Gasteiger partial charge in [0.1, 0.15) is 34.8 Å². The van der Waals surface area contributed by atoms with E-state index in [1.54, 1.807) is 24.3 Å². The van der Waals surface area contributed by atoms with Crippen LogP contribution >= 0.6 is 0 Å². The van der Waals surface area contributed by atoms with Crippen molar-refractivity contribution in [3.63, 3.8) is 0 Å². The molecule has 0 atom stereocenters. The van der Waals surface area contributed by atoms with Gasteiger partial charge in [-0.15, -0.1) is 0 Å². The largest absolute Gasteiger partial charge is 0.429 e. The van der Waals surface area contributed by atoms with E-state index in [1.165, 1.54) is 30.3 Å². The minimum Gasteiger partial charge on any atom is -0.429 e. The summed E-state index contributed by atoms with van der Waals surface area (Å²) in [5, 5.41) is 0. The van der Waals surface area contributed by atoms with E-state index in [0.29, 0.717) is 23.6 Å². The first-order valence-corrected chi connectivity index (χ1v) is 14.1. The molecule has 0 saturated carbocycles. The molecule has 1 nitrogen and oxygen atoms in total. The first kappa shape index (κ1) is 30.9. The fourth-order valence-corrected chi connectivity index (χ4v) is 5.00. The van der Waals surface area contributed by atoms with Gasteiger partial charge >= 0.3 is 6.11 Å². The second-order valence-electron chi connectivity index (χ2n) is 10.4. The summed E-state index contributed by atoms with van der Waals surface area (Å²) in [6, 6.07) is 20.1. The van der Waals surface area contributed by atoms with E-state index >= 15 is 13.2 Å². The Kier molecular flexibility index (Phi) is 9.09. The normalized spacial score (nSPS) is 11.5. The van der Waals surface area contributed by atoms with Crippen LogP contribution in [0.25, 0.3) is 33.4 Å². The third-order valence-corrected chi connectivity index (χ3v) is 7.31. The van der Waals surface area contributed by atoms with E-state index in [2.05, 4.69) is 4.74 Å². The third-order valence-electron chi connectivity index (χ3n) is 7.31. The van der Waals surface area contributed by atoms with Crippen molar-refractivity contribution >= 4 is 0 Å². The number of halogens is 7. The molecule has 0 N–H and O–H groups in total. The van der Waals surface area contributed by atoms with E-state index in [1.807, 2.05) is 6.92 Å². The van der Waals surface area contributed by atoms with E-state index in [0.717, 1.165) is 61.2 Å². The molecule has 0 heterocycles. The summed E-state index contributed by atoms with van der Waals surface area (Å²) in [5.74, 6) is -5.12. The summed E-state index contributed by atoms with van der Waals surface area (Å²) in [7, 11) is 0. The average Bonchev–Trinajstić information content (AvgIpc) is 2.97. The molecule has 0 spiro atoms. The van der Waals surface area contributed by atoms with Crippen LogP contribution in [-0.2, 0) is 12.5 Å². The summed E-state index contributed by atoms with van der Waals surface area (Å²) >= 11 is 0. The number of unbranched alkanes of at least 4 members (excludes halogenated alkanes) is 2. The SMILES string of the molecule is CCCCCc1ccc(C(F)(F)Oc2ccc(-c3cc(F)c(-c4ccc(-c5ccc(F)cc5)cc4)c(F)c3)c(F)c2)c(F)c1. The van der Waals surface area contributed by atoms with Crippen LogP contribution in [0.5, 0.6) is 5.75 Å². The summed E-state index contributed by atoms with van der Waals surface area (Å²) in [6.07, 6.45) is -0.855. The van der Waals surface area contributed by atoms with Crippen molar-refractivity contribution in [2.24, 2.45) is 0 Å². The lowest BCUT2D eigenvalue weighted by Gasteiger charge is -2.20. The van der Waals surface area contributed by atoms with Gasteiger partial charge in [0, 0.05) is 11.6 Å². The van der Waals surface area contributed by atoms with Gasteiger partial charge in [-0.25, -0.2) is 22.0 Å². The molecule has 5 rings (SSSR count). The highest BCUT2D eigenvalue weighted by atomic mass is 19.3. The van der Waals surface area contributed by atoms with Crippen molar-refractivity contribution in [1.82, 2.24) is 0 Å². The van der Waals surface area contributed by atoms with Crippen LogP contribution < -0.4 is 4.74 Å². The number of hydrogen-bond acceptors (Lipinski definition) is 1. The van der Waals surface area contributed by atoms with Gasteiger partial charge in [-0.3, -0.25) is 0 Å². The first-order chi connectivity index (χ1) is 21.1. The summed E-state index contributed by atoms with van der Waals surface area (Å²) < 4.78 is 107. The maximum absolute atomic E-state index is 15.2. The second kappa shape index (κ2) is 13.0. The van der Waals surface area contributed by atoms with Gasteiger partial charge in [-0.2, -0.15) is 8.78 Å². The molecule has 226 valence electrons. The second-order valence-corrected chi connectivity index (χ2v) is 10.4. The Balaban J connectivity index is 1.34. The van der Waals surface area contributed by atoms with Gasteiger partial charge in [0.05, 0.1) is 11.1 Å². The maximum atomic E-state index is 15.2. The number of hydrogen-bond donors (Lipinski definition) is 0. The average molecular weight is 609 g/mol. The Morgan fingerprint density at radius 3 is 1.77 bits per heavy atom. The lowest BCUT2D eigenvalue weighted by atomic mass is 9.96. The topological polar surface area (TPSA) is 9.23 Å². The van der Waals surface area contributed by atoms with Crippen molar-refractivity contribution < 1.29 is 35.5 Å². The Hall–Kier alpha value is -4.59. The lowest BCUT2D eigenvalue weighted by Crippen LogP contribution is -2.23. The zero-order chi connectivity index (χ0) is 31.4. The molecule has 0 amide bonds. The smallest absolute Gasteiger partial charge is 0.429 e. The number of benzene rings is 5. The Morgan fingerprint density at radius 1 is 0.568 bits per heavy atom. The van der Waals surface area contributed by atoms with E-state index in [4.69, 9.17) is 0 Å². The summed E-state index contributed by atoms with van der Waals surface area (Å²) in [5.41, 5.74) is 0.499. The van der Waals surface area contributed by atoms with Crippen LogP contribution in [-0.4, -0.2) is 0 Å². The summed E-state index contributed by atoms with van der Waals surface area (Å²) in [4.78, 5) is 0. The van der Waals surface area contributed by atoms with Crippen molar-refractivity contribution in [1.29, 1.82) is 0 Å². The molecule has 0 aromatic heterocycles. The Bertz CT molecular complexity index is 1740. The number of rotatable bonds is 10. The molecule has 8 heteroatoms. The molecular weight excluding hydrogens is 581 g/mol. The zero-order valence-corrected chi connectivity index (χ0v) is 23.6. The number of alkyl halides is 2. The number of aryl methyl sites for hydroxylation is 1. The molecule has 0 radical (unpaired) electrons. The van der Waals surface area contributed by atoms with Gasteiger partial charge in [0.2, 0.25) is 0 Å². The highest BCUT2D eigenvalue weighted by molar-refractivity contribution is 5.74. The molecule has 44 heavy (non-hydrogen) atoms. The predicted octanol–water partition coefficient (Wildman–Crippen LogP) is 11.2. The van der Waals surface area contributed by atoms with E-state index in [9.17, 15) is 17.6 Å². The molecule has 5 aromatic carbocycles. The molecule has 0 saturated heterocycles. The van der Waals surface area contributed by atoms with Crippen LogP contribution in [0.15, 0.2) is 97.1 Å². The summed E-state index contributed by atoms with van der Waals surface area (Å²) in [6.45, 7) is 2.02. The molecular formula is C36H27F7O. The van der Waals surface area contributed by atoms with Gasteiger partial charge in [0.25, 0.3) is 0 Å². The molecule has 0 aliphatic rings. The van der Waals surface area contributed by atoms with Crippen LogP contribution in [0.4, 0.5) is 30.7 Å². The van der Waals surface area contributed by atoms with Crippen LogP contribution in [0, 0.1) is 29.1 Å². The Morgan fingerprint density at radius 2 is 1.18 bits per heavy atom. The Labute approximate surface area is 250 Å². The van der Waals surface area contributed by atoms with E-state index < -0.39 is 40.7 Å². The monoisotopic (exact) mass is 608 g/mol. The molecule has 5 aromatic rings. The third kappa shape index (κ3) is 6.80. The van der Waals surface area contributed by atoms with E-state index in [-0.39, 0.29) is 28.1 Å². The van der Waals surface area contributed by atoms with Crippen LogP contribution in [0.1, 0.15) is 37.3 Å². The lowest BCUT2D eigenvalue weighted by molar-refractivity contribution is -0.187. The van der Waals surface area contributed by atoms with Gasteiger partial charge in [-0.1, -0.05) is 62.2 Å². The minimum absolute atomic E-state index is 0.160. The van der Waals surface area contributed by atoms with Crippen LogP contribution in [0.3, 0.4) is 0 Å². The zero-order valence-electron chi connectivity index (χ0n) is 23.6. The van der Waals surface area contributed by atoms with Crippen molar-refractivity contribution in [3.8, 4) is 39.1 Å². The highest BCUT2D eigenvalue weighted by Crippen LogP contribution is 2.37. The quantitative estimate of drug-likeness (QED) is 0.113. The van der Waals surface area contributed by atoms with Crippen molar-refractivity contribution in [3.05, 3.63) is 137 Å². The predicted molar refractivity (Wildman–Crippen MR) is 157 cm³/mol. The molecule has 0 aliphatic heterocycles. The van der Waals surface area contributed by atoms with Crippen LogP contribution in [0.2, 0.25) is 0 Å². The van der Waals surface area contributed by atoms with Crippen molar-refractivity contribution in [2.75, 3.05) is 0 Å². The first-order valence-electron chi connectivity index (χ1n) is 14.1. The minimum atomic E-state index is -4.11. The molecule has 0 fully saturated rings. The fraction of sp³-hybridized carbons (Fsp3) is 0.167. The van der Waals surface area contributed by atoms with Crippen molar-refractivity contribution in [2.45, 2.75) is 38.7 Å². The molecule has 0 bridgehead atoms.